The number of hydrogen-bond donors (Lipinski definition) is 0. The SMILES string of the molecule is C#Cc1cc(OCC(F)(F)F)cc(-c2ccsc2)c1. The van der Waals surface area contributed by atoms with Crippen LogP contribution in [0.15, 0.2) is 35.0 Å². The van der Waals surface area contributed by atoms with E-state index in [4.69, 9.17) is 11.2 Å². The van der Waals surface area contributed by atoms with E-state index in [1.807, 2.05) is 16.8 Å². The lowest BCUT2D eigenvalue weighted by molar-refractivity contribution is -0.153. The summed E-state index contributed by atoms with van der Waals surface area (Å²) in [7, 11) is 0. The lowest BCUT2D eigenvalue weighted by Crippen LogP contribution is -2.19. The normalized spacial score (nSPS) is 11.1. The van der Waals surface area contributed by atoms with Gasteiger partial charge in [0.1, 0.15) is 5.75 Å². The summed E-state index contributed by atoms with van der Waals surface area (Å²) in [6.07, 6.45) is 0.931. The van der Waals surface area contributed by atoms with E-state index in [-0.39, 0.29) is 5.75 Å². The highest BCUT2D eigenvalue weighted by Gasteiger charge is 2.28. The number of benzene rings is 1. The minimum absolute atomic E-state index is 0.119. The Kier molecular flexibility index (Phi) is 3.82. The Morgan fingerprint density at radius 2 is 2.00 bits per heavy atom. The monoisotopic (exact) mass is 282 g/mol. The third kappa shape index (κ3) is 3.76. The number of halogens is 3. The summed E-state index contributed by atoms with van der Waals surface area (Å²) in [5.74, 6) is 2.53. The van der Waals surface area contributed by atoms with Gasteiger partial charge in [0.15, 0.2) is 6.61 Å². The molecule has 0 aliphatic carbocycles. The van der Waals surface area contributed by atoms with Crippen molar-refractivity contribution in [2.24, 2.45) is 0 Å². The molecule has 2 rings (SSSR count). The molecule has 2 aromatic rings. The third-order valence-electron chi connectivity index (χ3n) is 2.33. The standard InChI is InChI=1S/C14H9F3OS/c1-2-10-5-12(11-3-4-19-8-11)7-13(6-10)18-9-14(15,16)17/h1,3-8H,9H2. The summed E-state index contributed by atoms with van der Waals surface area (Å²) < 4.78 is 41.1. The molecule has 19 heavy (non-hydrogen) atoms. The van der Waals surface area contributed by atoms with Crippen LogP contribution in [0.25, 0.3) is 11.1 Å². The number of alkyl halides is 3. The molecule has 1 aromatic carbocycles. The van der Waals surface area contributed by atoms with Crippen molar-refractivity contribution in [2.75, 3.05) is 6.61 Å². The highest BCUT2D eigenvalue weighted by Crippen LogP contribution is 2.28. The van der Waals surface area contributed by atoms with E-state index in [0.717, 1.165) is 11.1 Å². The van der Waals surface area contributed by atoms with Crippen LogP contribution in [-0.2, 0) is 0 Å². The zero-order valence-corrected chi connectivity index (χ0v) is 10.5. The molecule has 1 heterocycles. The first kappa shape index (κ1) is 13.5. The van der Waals surface area contributed by atoms with Crippen LogP contribution in [0.3, 0.4) is 0 Å². The first-order valence-corrected chi connectivity index (χ1v) is 6.26. The van der Waals surface area contributed by atoms with Gasteiger partial charge in [-0.3, -0.25) is 0 Å². The zero-order valence-electron chi connectivity index (χ0n) is 9.70. The second-order valence-corrected chi connectivity index (χ2v) is 4.59. The van der Waals surface area contributed by atoms with Gasteiger partial charge in [-0.15, -0.1) is 6.42 Å². The Bertz CT molecular complexity index is 594. The van der Waals surface area contributed by atoms with Gasteiger partial charge in [-0.25, -0.2) is 0 Å². The lowest BCUT2D eigenvalue weighted by atomic mass is 10.1. The van der Waals surface area contributed by atoms with Crippen molar-refractivity contribution in [1.82, 2.24) is 0 Å². The van der Waals surface area contributed by atoms with Crippen molar-refractivity contribution >= 4 is 11.3 Å². The Hall–Kier alpha value is -1.93. The van der Waals surface area contributed by atoms with Crippen LogP contribution in [0.4, 0.5) is 13.2 Å². The molecule has 1 aromatic heterocycles. The van der Waals surface area contributed by atoms with Gasteiger partial charge >= 0.3 is 6.18 Å². The topological polar surface area (TPSA) is 9.23 Å². The molecule has 5 heteroatoms. The third-order valence-corrected chi connectivity index (χ3v) is 3.01. The van der Waals surface area contributed by atoms with Crippen LogP contribution in [-0.4, -0.2) is 12.8 Å². The van der Waals surface area contributed by atoms with E-state index in [1.54, 1.807) is 12.1 Å². The van der Waals surface area contributed by atoms with E-state index < -0.39 is 12.8 Å². The summed E-state index contributed by atoms with van der Waals surface area (Å²) in [5, 5.41) is 3.78. The molecule has 0 fully saturated rings. The fourth-order valence-electron chi connectivity index (χ4n) is 1.53. The molecule has 0 radical (unpaired) electrons. The summed E-state index contributed by atoms with van der Waals surface area (Å²) >= 11 is 1.50. The number of rotatable bonds is 3. The molecule has 0 saturated heterocycles. The minimum atomic E-state index is -4.37. The van der Waals surface area contributed by atoms with E-state index >= 15 is 0 Å². The Morgan fingerprint density at radius 1 is 1.21 bits per heavy atom. The molecule has 0 atom stereocenters. The second-order valence-electron chi connectivity index (χ2n) is 3.81. The van der Waals surface area contributed by atoms with Crippen LogP contribution >= 0.6 is 11.3 Å². The van der Waals surface area contributed by atoms with Gasteiger partial charge in [0.05, 0.1) is 0 Å². The fourth-order valence-corrected chi connectivity index (χ4v) is 2.19. The van der Waals surface area contributed by atoms with Gasteiger partial charge in [-0.2, -0.15) is 24.5 Å². The van der Waals surface area contributed by atoms with Crippen molar-refractivity contribution in [3.05, 3.63) is 40.6 Å². The molecule has 0 aliphatic rings. The largest absolute Gasteiger partial charge is 0.484 e. The van der Waals surface area contributed by atoms with Gasteiger partial charge < -0.3 is 4.74 Å². The van der Waals surface area contributed by atoms with Crippen LogP contribution in [0, 0.1) is 12.3 Å². The van der Waals surface area contributed by atoms with Gasteiger partial charge in [-0.1, -0.05) is 5.92 Å². The number of thiophene rings is 1. The van der Waals surface area contributed by atoms with Crippen molar-refractivity contribution < 1.29 is 17.9 Å². The fraction of sp³-hybridized carbons (Fsp3) is 0.143. The molecule has 0 bridgehead atoms. The number of terminal acetylenes is 1. The first-order chi connectivity index (χ1) is 8.98. The molecule has 0 N–H and O–H groups in total. The molecule has 0 unspecified atom stereocenters. The minimum Gasteiger partial charge on any atom is -0.484 e. The summed E-state index contributed by atoms with van der Waals surface area (Å²) in [6, 6.07) is 6.58. The zero-order chi connectivity index (χ0) is 13.9. The van der Waals surface area contributed by atoms with Crippen LogP contribution in [0.5, 0.6) is 5.75 Å². The first-order valence-electron chi connectivity index (χ1n) is 5.32. The molecule has 0 spiro atoms. The van der Waals surface area contributed by atoms with Gasteiger partial charge in [0.25, 0.3) is 0 Å². The van der Waals surface area contributed by atoms with E-state index in [2.05, 4.69) is 5.92 Å². The average Bonchev–Trinajstić information content (AvgIpc) is 2.89. The van der Waals surface area contributed by atoms with E-state index in [0.29, 0.717) is 5.56 Å². The highest BCUT2D eigenvalue weighted by atomic mass is 32.1. The van der Waals surface area contributed by atoms with Crippen molar-refractivity contribution in [1.29, 1.82) is 0 Å². The predicted molar refractivity (Wildman–Crippen MR) is 69.2 cm³/mol. The maximum Gasteiger partial charge on any atom is 0.422 e. The van der Waals surface area contributed by atoms with E-state index in [1.165, 1.54) is 17.4 Å². The molecular weight excluding hydrogens is 273 g/mol. The lowest BCUT2D eigenvalue weighted by Gasteiger charge is -2.11. The summed E-state index contributed by atoms with van der Waals surface area (Å²) in [6.45, 7) is -1.33. The average molecular weight is 282 g/mol. The smallest absolute Gasteiger partial charge is 0.422 e. The molecule has 0 amide bonds. The maximum absolute atomic E-state index is 12.1. The van der Waals surface area contributed by atoms with Crippen molar-refractivity contribution in [3.8, 4) is 29.2 Å². The van der Waals surface area contributed by atoms with Crippen molar-refractivity contribution in [2.45, 2.75) is 6.18 Å². The molecule has 0 aliphatic heterocycles. The number of hydrogen-bond acceptors (Lipinski definition) is 2. The van der Waals surface area contributed by atoms with Crippen LogP contribution < -0.4 is 4.74 Å². The van der Waals surface area contributed by atoms with Gasteiger partial charge in [0.2, 0.25) is 0 Å². The molecule has 98 valence electrons. The van der Waals surface area contributed by atoms with E-state index in [9.17, 15) is 13.2 Å². The highest BCUT2D eigenvalue weighted by molar-refractivity contribution is 7.08. The summed E-state index contributed by atoms with van der Waals surface area (Å²) in [4.78, 5) is 0. The van der Waals surface area contributed by atoms with Gasteiger partial charge in [0, 0.05) is 5.56 Å². The van der Waals surface area contributed by atoms with Crippen LogP contribution in [0.2, 0.25) is 0 Å². The maximum atomic E-state index is 12.1. The van der Waals surface area contributed by atoms with Crippen LogP contribution in [0.1, 0.15) is 5.56 Å². The molecule has 1 nitrogen and oxygen atoms in total. The predicted octanol–water partition coefficient (Wildman–Crippen LogP) is 4.34. The number of ether oxygens (including phenoxy) is 1. The Morgan fingerprint density at radius 3 is 2.58 bits per heavy atom. The Balaban J connectivity index is 2.30. The molecular formula is C14H9F3OS. The molecule has 0 saturated carbocycles. The van der Waals surface area contributed by atoms with Gasteiger partial charge in [-0.05, 0) is 46.2 Å². The Labute approximate surface area is 112 Å². The quantitative estimate of drug-likeness (QED) is 0.761. The van der Waals surface area contributed by atoms with Crippen molar-refractivity contribution in [3.63, 3.8) is 0 Å². The second kappa shape index (κ2) is 5.37. The summed E-state index contributed by atoms with van der Waals surface area (Å²) in [5.41, 5.74) is 2.13.